The molecule has 2 atom stereocenters. The average Bonchev–Trinajstić information content (AvgIpc) is 2.18. The number of aryl methyl sites for hydroxylation is 1. The lowest BCUT2D eigenvalue weighted by atomic mass is 10.1. The van der Waals surface area contributed by atoms with Crippen molar-refractivity contribution in [1.82, 2.24) is 5.32 Å². The Morgan fingerprint density at radius 1 is 1.21 bits per heavy atom. The first-order valence-corrected chi connectivity index (χ1v) is 5.07. The van der Waals surface area contributed by atoms with Gasteiger partial charge in [0.2, 0.25) is 0 Å². The first kappa shape index (κ1) is 11.2. The van der Waals surface area contributed by atoms with Crippen molar-refractivity contribution in [3.63, 3.8) is 0 Å². The van der Waals surface area contributed by atoms with Crippen LogP contribution >= 0.6 is 0 Å². The van der Waals surface area contributed by atoms with Crippen LogP contribution in [-0.2, 0) is 0 Å². The first-order valence-electron chi connectivity index (χ1n) is 5.07. The van der Waals surface area contributed by atoms with E-state index in [2.05, 4.69) is 43.4 Å². The Balaban J connectivity index is 2.60. The van der Waals surface area contributed by atoms with Gasteiger partial charge in [0, 0.05) is 12.1 Å². The van der Waals surface area contributed by atoms with E-state index in [1.165, 1.54) is 11.1 Å². The van der Waals surface area contributed by atoms with Gasteiger partial charge in [-0.05, 0) is 26.3 Å². The van der Waals surface area contributed by atoms with Crippen molar-refractivity contribution >= 4 is 0 Å². The van der Waals surface area contributed by atoms with Crippen LogP contribution in [0.1, 0.15) is 31.0 Å². The van der Waals surface area contributed by atoms with E-state index in [9.17, 15) is 0 Å². The van der Waals surface area contributed by atoms with E-state index in [0.717, 1.165) is 0 Å². The highest BCUT2D eigenvalue weighted by molar-refractivity contribution is 5.23. The minimum absolute atomic E-state index is 0.145. The van der Waals surface area contributed by atoms with E-state index in [-0.39, 0.29) is 18.7 Å². The standard InChI is InChI=1S/C12H19NO/c1-9-4-6-12(7-5-9)11(3)13-10(2)8-14/h4-7,10-11,13-14H,8H2,1-3H3/t10-,11?/m1/s1. The molecule has 0 aliphatic carbocycles. The molecule has 2 heteroatoms. The predicted molar refractivity (Wildman–Crippen MR) is 59.3 cm³/mol. The summed E-state index contributed by atoms with van der Waals surface area (Å²) in [7, 11) is 0. The minimum Gasteiger partial charge on any atom is -0.395 e. The molecule has 0 radical (unpaired) electrons. The molecule has 1 unspecified atom stereocenters. The number of aliphatic hydroxyl groups excluding tert-OH is 1. The minimum atomic E-state index is 0.145. The van der Waals surface area contributed by atoms with Crippen molar-refractivity contribution in [2.45, 2.75) is 32.9 Å². The van der Waals surface area contributed by atoms with E-state index >= 15 is 0 Å². The number of hydrogen-bond donors (Lipinski definition) is 2. The lowest BCUT2D eigenvalue weighted by Gasteiger charge is -2.18. The quantitative estimate of drug-likeness (QED) is 0.767. The molecule has 2 nitrogen and oxygen atoms in total. The Hall–Kier alpha value is -0.860. The SMILES string of the molecule is Cc1ccc(C(C)N[C@H](C)CO)cc1. The molecule has 0 aliphatic heterocycles. The summed E-state index contributed by atoms with van der Waals surface area (Å²) < 4.78 is 0. The smallest absolute Gasteiger partial charge is 0.0582 e. The van der Waals surface area contributed by atoms with Gasteiger partial charge in [0.05, 0.1) is 6.61 Å². The summed E-state index contributed by atoms with van der Waals surface area (Å²) in [4.78, 5) is 0. The average molecular weight is 193 g/mol. The zero-order valence-corrected chi connectivity index (χ0v) is 9.12. The van der Waals surface area contributed by atoms with Gasteiger partial charge in [-0.3, -0.25) is 0 Å². The van der Waals surface area contributed by atoms with Crippen molar-refractivity contribution in [2.75, 3.05) is 6.61 Å². The molecule has 0 amide bonds. The van der Waals surface area contributed by atoms with Crippen LogP contribution in [0.5, 0.6) is 0 Å². The normalized spacial score (nSPS) is 15.1. The van der Waals surface area contributed by atoms with Crippen LogP contribution < -0.4 is 5.32 Å². The summed E-state index contributed by atoms with van der Waals surface area (Å²) in [5.41, 5.74) is 2.53. The fourth-order valence-corrected chi connectivity index (χ4v) is 1.43. The van der Waals surface area contributed by atoms with E-state index in [4.69, 9.17) is 5.11 Å². The fourth-order valence-electron chi connectivity index (χ4n) is 1.43. The summed E-state index contributed by atoms with van der Waals surface area (Å²) >= 11 is 0. The Labute approximate surface area is 86.0 Å². The molecule has 0 heterocycles. The van der Waals surface area contributed by atoms with Crippen molar-refractivity contribution in [3.05, 3.63) is 35.4 Å². The summed E-state index contributed by atoms with van der Waals surface area (Å²) in [6, 6.07) is 8.90. The molecule has 1 rings (SSSR count). The second kappa shape index (κ2) is 5.13. The Morgan fingerprint density at radius 2 is 1.79 bits per heavy atom. The number of aliphatic hydroxyl groups is 1. The van der Waals surface area contributed by atoms with Gasteiger partial charge in [0.1, 0.15) is 0 Å². The van der Waals surface area contributed by atoms with Crippen molar-refractivity contribution in [3.8, 4) is 0 Å². The van der Waals surface area contributed by atoms with Crippen LogP contribution in [0.2, 0.25) is 0 Å². The third-order valence-corrected chi connectivity index (χ3v) is 2.39. The summed E-state index contributed by atoms with van der Waals surface area (Å²) in [5, 5.41) is 12.2. The zero-order chi connectivity index (χ0) is 10.6. The number of benzene rings is 1. The molecule has 0 fully saturated rings. The van der Waals surface area contributed by atoms with E-state index in [1.54, 1.807) is 0 Å². The molecule has 0 spiro atoms. The molecule has 78 valence electrons. The molecule has 0 saturated heterocycles. The van der Waals surface area contributed by atoms with Gasteiger partial charge < -0.3 is 10.4 Å². The van der Waals surface area contributed by atoms with E-state index in [0.29, 0.717) is 0 Å². The van der Waals surface area contributed by atoms with Crippen LogP contribution in [0, 0.1) is 6.92 Å². The van der Waals surface area contributed by atoms with Gasteiger partial charge in [0.25, 0.3) is 0 Å². The zero-order valence-electron chi connectivity index (χ0n) is 9.12. The third kappa shape index (κ3) is 3.13. The van der Waals surface area contributed by atoms with E-state index in [1.807, 2.05) is 6.92 Å². The van der Waals surface area contributed by atoms with Crippen LogP contribution in [0.25, 0.3) is 0 Å². The Kier molecular flexibility index (Phi) is 4.11. The highest BCUT2D eigenvalue weighted by Crippen LogP contribution is 2.13. The topological polar surface area (TPSA) is 32.3 Å². The fraction of sp³-hybridized carbons (Fsp3) is 0.500. The van der Waals surface area contributed by atoms with Crippen molar-refractivity contribution in [1.29, 1.82) is 0 Å². The number of hydrogen-bond acceptors (Lipinski definition) is 2. The van der Waals surface area contributed by atoms with Crippen molar-refractivity contribution in [2.24, 2.45) is 0 Å². The number of rotatable bonds is 4. The van der Waals surface area contributed by atoms with Crippen LogP contribution in [0.4, 0.5) is 0 Å². The van der Waals surface area contributed by atoms with Gasteiger partial charge in [-0.15, -0.1) is 0 Å². The van der Waals surface area contributed by atoms with Gasteiger partial charge in [-0.1, -0.05) is 29.8 Å². The monoisotopic (exact) mass is 193 g/mol. The second-order valence-corrected chi connectivity index (χ2v) is 3.88. The molecule has 0 saturated carbocycles. The third-order valence-electron chi connectivity index (χ3n) is 2.39. The van der Waals surface area contributed by atoms with Crippen LogP contribution in [-0.4, -0.2) is 17.8 Å². The van der Waals surface area contributed by atoms with Gasteiger partial charge in [-0.2, -0.15) is 0 Å². The molecule has 1 aromatic carbocycles. The summed E-state index contributed by atoms with van der Waals surface area (Å²) in [5.74, 6) is 0. The number of nitrogens with one attached hydrogen (secondary N) is 1. The van der Waals surface area contributed by atoms with E-state index < -0.39 is 0 Å². The molecular weight excluding hydrogens is 174 g/mol. The molecule has 2 N–H and O–H groups in total. The highest BCUT2D eigenvalue weighted by Gasteiger charge is 2.07. The lowest BCUT2D eigenvalue weighted by molar-refractivity contribution is 0.243. The Bertz CT molecular complexity index is 268. The maximum Gasteiger partial charge on any atom is 0.0582 e. The molecule has 0 aliphatic rings. The highest BCUT2D eigenvalue weighted by atomic mass is 16.3. The van der Waals surface area contributed by atoms with Crippen LogP contribution in [0.15, 0.2) is 24.3 Å². The summed E-state index contributed by atoms with van der Waals surface area (Å²) in [6.45, 7) is 6.34. The Morgan fingerprint density at radius 3 is 2.29 bits per heavy atom. The molecule has 0 aromatic heterocycles. The second-order valence-electron chi connectivity index (χ2n) is 3.88. The van der Waals surface area contributed by atoms with Gasteiger partial charge >= 0.3 is 0 Å². The van der Waals surface area contributed by atoms with Gasteiger partial charge in [0.15, 0.2) is 0 Å². The largest absolute Gasteiger partial charge is 0.395 e. The molecule has 14 heavy (non-hydrogen) atoms. The maximum absolute atomic E-state index is 8.91. The predicted octanol–water partition coefficient (Wildman–Crippen LogP) is 2.03. The van der Waals surface area contributed by atoms with Crippen LogP contribution in [0.3, 0.4) is 0 Å². The lowest BCUT2D eigenvalue weighted by Crippen LogP contribution is -2.31. The molecule has 1 aromatic rings. The molecule has 0 bridgehead atoms. The van der Waals surface area contributed by atoms with Crippen molar-refractivity contribution < 1.29 is 5.11 Å². The first-order chi connectivity index (χ1) is 6.63. The maximum atomic E-state index is 8.91. The molecular formula is C12H19NO. The summed E-state index contributed by atoms with van der Waals surface area (Å²) in [6.07, 6.45) is 0. The van der Waals surface area contributed by atoms with Gasteiger partial charge in [-0.25, -0.2) is 0 Å².